The molecule has 13 heavy (non-hydrogen) atoms. The Bertz CT molecular complexity index is 256. The summed E-state index contributed by atoms with van der Waals surface area (Å²) in [7, 11) is 0. The van der Waals surface area contributed by atoms with Crippen LogP contribution in [-0.4, -0.2) is 16.5 Å². The molecule has 1 aromatic rings. The van der Waals surface area contributed by atoms with Gasteiger partial charge in [0, 0.05) is 12.5 Å². The highest BCUT2D eigenvalue weighted by atomic mass is 16.5. The van der Waals surface area contributed by atoms with Crippen molar-refractivity contribution in [3.63, 3.8) is 0 Å². The van der Waals surface area contributed by atoms with Crippen LogP contribution in [0.1, 0.15) is 23.6 Å². The van der Waals surface area contributed by atoms with Crippen molar-refractivity contribution in [2.75, 3.05) is 0 Å². The van der Waals surface area contributed by atoms with Crippen LogP contribution in [0.25, 0.3) is 0 Å². The Morgan fingerprint density at radius 1 is 1.23 bits per heavy atom. The molecule has 0 heterocycles. The Balaban J connectivity index is 2.66. The predicted molar refractivity (Wildman–Crippen MR) is 51.0 cm³/mol. The highest BCUT2D eigenvalue weighted by molar-refractivity contribution is 5.23. The van der Waals surface area contributed by atoms with Gasteiger partial charge in [-0.1, -0.05) is 29.8 Å². The maximum atomic E-state index is 8.71. The minimum absolute atomic E-state index is 0.170. The van der Waals surface area contributed by atoms with Crippen molar-refractivity contribution in [3.05, 3.63) is 35.4 Å². The lowest BCUT2D eigenvalue weighted by Gasteiger charge is -2.13. The molecule has 0 aliphatic heterocycles. The molecule has 0 saturated carbocycles. The lowest BCUT2D eigenvalue weighted by atomic mass is 10.0. The molecule has 0 bridgehead atoms. The molecule has 0 radical (unpaired) electrons. The minimum Gasteiger partial charge on any atom is -0.368 e. The van der Waals surface area contributed by atoms with Crippen molar-refractivity contribution in [2.24, 2.45) is 5.73 Å². The largest absolute Gasteiger partial charge is 0.368 e. The third-order valence-electron chi connectivity index (χ3n) is 1.97. The second kappa shape index (κ2) is 4.37. The van der Waals surface area contributed by atoms with Gasteiger partial charge in [-0.05, 0) is 12.5 Å². The second-order valence-electron chi connectivity index (χ2n) is 3.23. The second-order valence-corrected chi connectivity index (χ2v) is 3.23. The molecule has 0 amide bonds. The Labute approximate surface area is 77.8 Å². The number of aliphatic hydroxyl groups excluding tert-OH is 1. The maximum absolute atomic E-state index is 8.71. The van der Waals surface area contributed by atoms with Gasteiger partial charge in [-0.25, -0.2) is 0 Å². The molecule has 3 nitrogen and oxygen atoms in total. The Morgan fingerprint density at radius 2 is 1.77 bits per heavy atom. The van der Waals surface area contributed by atoms with Crippen molar-refractivity contribution in [1.82, 2.24) is 0 Å². The summed E-state index contributed by atoms with van der Waals surface area (Å²) >= 11 is 0. The van der Waals surface area contributed by atoms with E-state index in [4.69, 9.17) is 15.9 Å². The molecule has 0 saturated heterocycles. The minimum atomic E-state index is -1.34. The summed E-state index contributed by atoms with van der Waals surface area (Å²) in [6, 6.07) is 7.42. The standard InChI is InChI=1S/C10H15NO2/c1-7-2-4-8(5-3-7)9(11)6-10(12)13/h2-5,9-10,12-13H,6,11H2,1H3. The van der Waals surface area contributed by atoms with Gasteiger partial charge in [0.1, 0.15) is 0 Å². The molecular weight excluding hydrogens is 166 g/mol. The molecule has 1 atom stereocenters. The first-order valence-corrected chi connectivity index (χ1v) is 4.28. The van der Waals surface area contributed by atoms with E-state index in [0.717, 1.165) is 5.56 Å². The monoisotopic (exact) mass is 181 g/mol. The Kier molecular flexibility index (Phi) is 3.42. The molecule has 0 aliphatic carbocycles. The first kappa shape index (κ1) is 10.2. The number of hydrogen-bond acceptors (Lipinski definition) is 3. The molecule has 1 aromatic carbocycles. The number of rotatable bonds is 3. The zero-order valence-electron chi connectivity index (χ0n) is 7.64. The fourth-order valence-corrected chi connectivity index (χ4v) is 1.18. The van der Waals surface area contributed by atoms with Gasteiger partial charge in [-0.3, -0.25) is 0 Å². The first-order valence-electron chi connectivity index (χ1n) is 4.28. The molecule has 0 aliphatic rings. The van der Waals surface area contributed by atoms with E-state index in [9.17, 15) is 0 Å². The van der Waals surface area contributed by atoms with Gasteiger partial charge in [0.25, 0.3) is 0 Å². The van der Waals surface area contributed by atoms with E-state index in [1.807, 2.05) is 31.2 Å². The summed E-state index contributed by atoms with van der Waals surface area (Å²) in [5.41, 5.74) is 7.82. The zero-order valence-corrected chi connectivity index (χ0v) is 7.64. The smallest absolute Gasteiger partial charge is 0.153 e. The summed E-state index contributed by atoms with van der Waals surface area (Å²) in [5, 5.41) is 17.4. The number of benzene rings is 1. The van der Waals surface area contributed by atoms with Crippen LogP contribution in [0.4, 0.5) is 0 Å². The number of hydrogen-bond donors (Lipinski definition) is 3. The van der Waals surface area contributed by atoms with Gasteiger partial charge < -0.3 is 15.9 Å². The van der Waals surface area contributed by atoms with Gasteiger partial charge in [0.2, 0.25) is 0 Å². The molecular formula is C10H15NO2. The summed E-state index contributed by atoms with van der Waals surface area (Å²) < 4.78 is 0. The summed E-state index contributed by atoms with van der Waals surface area (Å²) in [4.78, 5) is 0. The van der Waals surface area contributed by atoms with E-state index in [2.05, 4.69) is 0 Å². The van der Waals surface area contributed by atoms with Gasteiger partial charge in [-0.2, -0.15) is 0 Å². The third kappa shape index (κ3) is 3.14. The van der Waals surface area contributed by atoms with Crippen LogP contribution < -0.4 is 5.73 Å². The molecule has 1 unspecified atom stereocenters. The van der Waals surface area contributed by atoms with Gasteiger partial charge in [0.05, 0.1) is 0 Å². The fourth-order valence-electron chi connectivity index (χ4n) is 1.18. The van der Waals surface area contributed by atoms with Crippen LogP contribution in [0.2, 0.25) is 0 Å². The first-order chi connectivity index (χ1) is 6.09. The summed E-state index contributed by atoms with van der Waals surface area (Å²) in [6.45, 7) is 2.00. The number of nitrogens with two attached hydrogens (primary N) is 1. The summed E-state index contributed by atoms with van der Waals surface area (Å²) in [5.74, 6) is 0. The van der Waals surface area contributed by atoms with Gasteiger partial charge in [0.15, 0.2) is 6.29 Å². The van der Waals surface area contributed by atoms with E-state index in [1.165, 1.54) is 5.56 Å². The van der Waals surface area contributed by atoms with Gasteiger partial charge >= 0.3 is 0 Å². The van der Waals surface area contributed by atoms with E-state index in [1.54, 1.807) is 0 Å². The molecule has 72 valence electrons. The SMILES string of the molecule is Cc1ccc(C(N)CC(O)O)cc1. The van der Waals surface area contributed by atoms with E-state index in [0.29, 0.717) is 0 Å². The van der Waals surface area contributed by atoms with E-state index < -0.39 is 6.29 Å². The molecule has 3 heteroatoms. The average molecular weight is 181 g/mol. The third-order valence-corrected chi connectivity index (χ3v) is 1.97. The van der Waals surface area contributed by atoms with Gasteiger partial charge in [-0.15, -0.1) is 0 Å². The quantitative estimate of drug-likeness (QED) is 0.601. The van der Waals surface area contributed by atoms with E-state index >= 15 is 0 Å². The lowest BCUT2D eigenvalue weighted by Crippen LogP contribution is -2.18. The Hall–Kier alpha value is -0.900. The summed E-state index contributed by atoms with van der Waals surface area (Å²) in [6.07, 6.45) is -1.17. The molecule has 4 N–H and O–H groups in total. The van der Waals surface area contributed by atoms with Crippen molar-refractivity contribution in [3.8, 4) is 0 Å². The van der Waals surface area contributed by atoms with Crippen LogP contribution in [0.15, 0.2) is 24.3 Å². The molecule has 1 rings (SSSR count). The average Bonchev–Trinajstić information content (AvgIpc) is 2.04. The van der Waals surface area contributed by atoms with Crippen molar-refractivity contribution < 1.29 is 10.2 Å². The fraction of sp³-hybridized carbons (Fsp3) is 0.400. The molecule has 0 aromatic heterocycles. The maximum Gasteiger partial charge on any atom is 0.153 e. The zero-order chi connectivity index (χ0) is 9.84. The molecule has 0 spiro atoms. The van der Waals surface area contributed by atoms with Crippen LogP contribution in [0.3, 0.4) is 0 Å². The van der Waals surface area contributed by atoms with Crippen LogP contribution in [-0.2, 0) is 0 Å². The van der Waals surface area contributed by atoms with Crippen molar-refractivity contribution in [1.29, 1.82) is 0 Å². The van der Waals surface area contributed by atoms with Crippen LogP contribution >= 0.6 is 0 Å². The van der Waals surface area contributed by atoms with Crippen molar-refractivity contribution in [2.45, 2.75) is 25.7 Å². The highest BCUT2D eigenvalue weighted by Gasteiger charge is 2.09. The lowest BCUT2D eigenvalue weighted by molar-refractivity contribution is -0.0494. The predicted octanol–water partition coefficient (Wildman–Crippen LogP) is 0.696. The normalized spacial score (nSPS) is 13.3. The topological polar surface area (TPSA) is 66.5 Å². The molecule has 0 fully saturated rings. The number of aliphatic hydroxyl groups is 2. The van der Waals surface area contributed by atoms with Crippen molar-refractivity contribution >= 4 is 0 Å². The number of aryl methyl sites for hydroxylation is 1. The highest BCUT2D eigenvalue weighted by Crippen LogP contribution is 2.15. The van der Waals surface area contributed by atoms with Crippen LogP contribution in [0, 0.1) is 6.92 Å². The van der Waals surface area contributed by atoms with Crippen LogP contribution in [0.5, 0.6) is 0 Å². The Morgan fingerprint density at radius 3 is 2.23 bits per heavy atom. The van der Waals surface area contributed by atoms with E-state index in [-0.39, 0.29) is 12.5 Å².